The molecule has 0 bridgehead atoms. The third kappa shape index (κ3) is 6.12. The van der Waals surface area contributed by atoms with Crippen molar-refractivity contribution in [1.82, 2.24) is 4.57 Å². The minimum Gasteiger partial charge on any atom is -0.504 e. The predicted octanol–water partition coefficient (Wildman–Crippen LogP) is 8.85. The fourth-order valence-corrected chi connectivity index (χ4v) is 6.25. The zero-order valence-electron chi connectivity index (χ0n) is 25.6. The van der Waals surface area contributed by atoms with Gasteiger partial charge in [-0.1, -0.05) is 61.9 Å². The number of fused-ring (bicyclic) bond motifs is 3. The van der Waals surface area contributed by atoms with Crippen molar-refractivity contribution in [2.24, 2.45) is 5.41 Å². The molecule has 1 N–H and O–H groups in total. The Morgan fingerprint density at radius 1 is 0.930 bits per heavy atom. The molecule has 1 heterocycles. The Labute approximate surface area is 253 Å². The summed E-state index contributed by atoms with van der Waals surface area (Å²) >= 11 is 0. The first-order valence-electron chi connectivity index (χ1n) is 14.9. The first kappa shape index (κ1) is 29.8. The van der Waals surface area contributed by atoms with Gasteiger partial charge in [0.2, 0.25) is 0 Å². The van der Waals surface area contributed by atoms with Gasteiger partial charge in [-0.2, -0.15) is 0 Å². The van der Waals surface area contributed by atoms with E-state index in [1.165, 1.54) is 30.4 Å². The van der Waals surface area contributed by atoms with Gasteiger partial charge in [-0.05, 0) is 104 Å². The average Bonchev–Trinajstić information content (AvgIpc) is 3.31. The van der Waals surface area contributed by atoms with Crippen LogP contribution in [0.1, 0.15) is 58.1 Å². The Bertz CT molecular complexity index is 1840. The molecule has 43 heavy (non-hydrogen) atoms. The normalized spacial score (nSPS) is 15.7. The lowest BCUT2D eigenvalue weighted by molar-refractivity contribution is -0.116. The number of phenolic OH excluding ortho intramolecular Hbond substituents is 1. The molecule has 0 aliphatic heterocycles. The zero-order chi connectivity index (χ0) is 30.7. The van der Waals surface area contributed by atoms with Gasteiger partial charge in [0.1, 0.15) is 0 Å². The van der Waals surface area contributed by atoms with Crippen LogP contribution in [0.2, 0.25) is 0 Å². The molecule has 0 atom stereocenters. The third-order valence-electron chi connectivity index (χ3n) is 8.53. The first-order chi connectivity index (χ1) is 20.6. The van der Waals surface area contributed by atoms with E-state index in [1.807, 2.05) is 24.3 Å². The second-order valence-electron chi connectivity index (χ2n) is 11.9. The van der Waals surface area contributed by atoms with Crippen LogP contribution in [0.3, 0.4) is 0 Å². The molecule has 1 aliphatic rings. The van der Waals surface area contributed by atoms with Gasteiger partial charge < -0.3 is 14.4 Å². The first-order valence-corrected chi connectivity index (χ1v) is 14.9. The number of carbonyl (C=O) groups excluding carboxylic acids is 2. The molecule has 0 spiro atoms. The Morgan fingerprint density at radius 3 is 2.35 bits per heavy atom. The number of methoxy groups -OCH3 is 1. The molecule has 5 heteroatoms. The van der Waals surface area contributed by atoms with E-state index in [0.717, 1.165) is 53.2 Å². The van der Waals surface area contributed by atoms with Crippen LogP contribution in [0.5, 0.6) is 11.5 Å². The SMILES string of the molecule is CCn1c2ccccc2c2cc(/C=C(\C(=O)/C=C/C3=C(C)CCCC3(C)C)C(=O)/C=C/c3ccc(O)c(OC)c3)ccc21. The minimum atomic E-state index is -0.397. The molecule has 4 aromatic rings. The molecule has 1 aliphatic carbocycles. The Morgan fingerprint density at radius 2 is 1.63 bits per heavy atom. The number of benzene rings is 3. The van der Waals surface area contributed by atoms with Crippen LogP contribution >= 0.6 is 0 Å². The molecular formula is C38H39NO4. The van der Waals surface area contributed by atoms with E-state index in [9.17, 15) is 14.7 Å². The Balaban J connectivity index is 1.57. The summed E-state index contributed by atoms with van der Waals surface area (Å²) in [6.45, 7) is 9.51. The van der Waals surface area contributed by atoms with Gasteiger partial charge in [0.05, 0.1) is 12.7 Å². The molecule has 220 valence electrons. The van der Waals surface area contributed by atoms with Crippen molar-refractivity contribution in [2.75, 3.05) is 7.11 Å². The van der Waals surface area contributed by atoms with E-state index in [1.54, 1.807) is 30.4 Å². The highest BCUT2D eigenvalue weighted by Crippen LogP contribution is 2.40. The number of aromatic hydroxyl groups is 1. The number of phenols is 1. The smallest absolute Gasteiger partial charge is 0.189 e. The van der Waals surface area contributed by atoms with Gasteiger partial charge in [-0.25, -0.2) is 0 Å². The van der Waals surface area contributed by atoms with Crippen molar-refractivity contribution < 1.29 is 19.4 Å². The second-order valence-corrected chi connectivity index (χ2v) is 11.9. The van der Waals surface area contributed by atoms with Crippen LogP contribution < -0.4 is 4.74 Å². The number of hydrogen-bond acceptors (Lipinski definition) is 4. The van der Waals surface area contributed by atoms with E-state index in [-0.39, 0.29) is 22.5 Å². The van der Waals surface area contributed by atoms with Crippen molar-refractivity contribution >= 4 is 45.5 Å². The number of nitrogens with zero attached hydrogens (tertiary/aromatic N) is 1. The van der Waals surface area contributed by atoms with Gasteiger partial charge in [0.25, 0.3) is 0 Å². The summed E-state index contributed by atoms with van der Waals surface area (Å²) < 4.78 is 7.47. The number of ketones is 2. The molecule has 5 nitrogen and oxygen atoms in total. The number of para-hydroxylation sites is 1. The minimum absolute atomic E-state index is 0.0157. The highest BCUT2D eigenvalue weighted by atomic mass is 16.5. The molecule has 0 saturated heterocycles. The summed E-state index contributed by atoms with van der Waals surface area (Å²) in [6.07, 6.45) is 11.4. The molecule has 5 rings (SSSR count). The number of ether oxygens (including phenoxy) is 1. The summed E-state index contributed by atoms with van der Waals surface area (Å²) in [5, 5.41) is 12.2. The maximum Gasteiger partial charge on any atom is 0.189 e. The number of aromatic nitrogens is 1. The fourth-order valence-electron chi connectivity index (χ4n) is 6.25. The largest absolute Gasteiger partial charge is 0.504 e. The van der Waals surface area contributed by atoms with E-state index in [2.05, 4.69) is 56.5 Å². The number of hydrogen-bond donors (Lipinski definition) is 1. The van der Waals surface area contributed by atoms with E-state index in [0.29, 0.717) is 11.3 Å². The maximum absolute atomic E-state index is 13.7. The van der Waals surface area contributed by atoms with Crippen molar-refractivity contribution in [3.63, 3.8) is 0 Å². The van der Waals surface area contributed by atoms with Crippen LogP contribution in [-0.2, 0) is 16.1 Å². The van der Waals surface area contributed by atoms with Crippen LogP contribution in [0.15, 0.2) is 95.6 Å². The molecule has 0 unspecified atom stereocenters. The van der Waals surface area contributed by atoms with Gasteiger partial charge in [0.15, 0.2) is 23.1 Å². The Kier molecular flexibility index (Phi) is 8.54. The maximum atomic E-state index is 13.7. The quantitative estimate of drug-likeness (QED) is 0.123. The highest BCUT2D eigenvalue weighted by Gasteiger charge is 2.27. The number of allylic oxidation sites excluding steroid dienone is 6. The molecule has 0 radical (unpaired) electrons. The van der Waals surface area contributed by atoms with Crippen molar-refractivity contribution in [2.45, 2.75) is 53.5 Å². The standard InChI is InChI=1S/C38H39NO4/c1-6-39-32-12-8-7-11-28(32)29-22-27(13-17-33(29)39)23-30(34(40)18-14-26-15-19-36(42)37(24-26)43-5)35(41)20-16-31-25(2)10-9-21-38(31,3)4/h7-8,11-20,22-24,42H,6,9-10,21H2,1-5H3/b18-14+,20-16+,30-23-. The summed E-state index contributed by atoms with van der Waals surface area (Å²) in [5.74, 6) is -0.410. The summed E-state index contributed by atoms with van der Waals surface area (Å²) in [4.78, 5) is 27.4. The number of aryl methyl sites for hydroxylation is 1. The van der Waals surface area contributed by atoms with Crippen LogP contribution in [-0.4, -0.2) is 28.3 Å². The topological polar surface area (TPSA) is 68.5 Å². The summed E-state index contributed by atoms with van der Waals surface area (Å²) in [7, 11) is 1.47. The van der Waals surface area contributed by atoms with Gasteiger partial charge in [0, 0.05) is 28.4 Å². The van der Waals surface area contributed by atoms with E-state index < -0.39 is 5.78 Å². The van der Waals surface area contributed by atoms with Crippen molar-refractivity contribution in [1.29, 1.82) is 0 Å². The van der Waals surface area contributed by atoms with Crippen LogP contribution in [0.4, 0.5) is 0 Å². The lowest BCUT2D eigenvalue weighted by atomic mass is 9.72. The molecule has 1 aromatic heterocycles. The lowest BCUT2D eigenvalue weighted by Crippen LogP contribution is -2.19. The predicted molar refractivity (Wildman–Crippen MR) is 176 cm³/mol. The van der Waals surface area contributed by atoms with Crippen molar-refractivity contribution in [3.8, 4) is 11.5 Å². The fraction of sp³-hybridized carbons (Fsp3) is 0.263. The molecular weight excluding hydrogens is 534 g/mol. The molecule has 0 amide bonds. The monoisotopic (exact) mass is 573 g/mol. The average molecular weight is 574 g/mol. The van der Waals surface area contributed by atoms with E-state index in [4.69, 9.17) is 4.74 Å². The van der Waals surface area contributed by atoms with E-state index >= 15 is 0 Å². The van der Waals surface area contributed by atoms with Crippen molar-refractivity contribution in [3.05, 3.63) is 107 Å². The second kappa shape index (κ2) is 12.3. The van der Waals surface area contributed by atoms with Crippen LogP contribution in [0.25, 0.3) is 34.0 Å². The van der Waals surface area contributed by atoms with Gasteiger partial charge in [-0.3, -0.25) is 9.59 Å². The molecule has 0 fully saturated rings. The zero-order valence-corrected chi connectivity index (χ0v) is 25.6. The highest BCUT2D eigenvalue weighted by molar-refractivity contribution is 6.30. The third-order valence-corrected chi connectivity index (χ3v) is 8.53. The Hall–Kier alpha value is -4.64. The number of carbonyl (C=O) groups is 2. The lowest BCUT2D eigenvalue weighted by Gasteiger charge is -2.32. The summed E-state index contributed by atoms with van der Waals surface area (Å²) in [5.41, 5.74) is 6.24. The molecule has 3 aromatic carbocycles. The summed E-state index contributed by atoms with van der Waals surface area (Å²) in [6, 6.07) is 19.2. The molecule has 0 saturated carbocycles. The number of rotatable bonds is 9. The van der Waals surface area contributed by atoms with Crippen LogP contribution in [0, 0.1) is 5.41 Å². The van der Waals surface area contributed by atoms with Gasteiger partial charge in [-0.15, -0.1) is 0 Å². The van der Waals surface area contributed by atoms with Gasteiger partial charge >= 0.3 is 0 Å².